The van der Waals surface area contributed by atoms with Crippen LogP contribution in [0.2, 0.25) is 0 Å². The third kappa shape index (κ3) is 6.58. The van der Waals surface area contributed by atoms with Gasteiger partial charge in [-0.05, 0) is 18.8 Å². The first-order valence-electron chi connectivity index (χ1n) is 7.41. The van der Waals surface area contributed by atoms with Gasteiger partial charge in [0.15, 0.2) is 5.96 Å². The Hall–Kier alpha value is -0.970. The molecule has 6 nitrogen and oxygen atoms in total. The number of aromatic nitrogens is 2. The second kappa shape index (κ2) is 10.0. The summed E-state index contributed by atoms with van der Waals surface area (Å²) < 4.78 is 31.9. The molecule has 0 aromatic carbocycles. The van der Waals surface area contributed by atoms with Gasteiger partial charge < -0.3 is 15.0 Å². The van der Waals surface area contributed by atoms with Crippen molar-refractivity contribution in [1.29, 1.82) is 0 Å². The van der Waals surface area contributed by atoms with Crippen LogP contribution < -0.4 is 5.32 Å². The number of hydrogen-bond acceptors (Lipinski definition) is 3. The van der Waals surface area contributed by atoms with E-state index in [1.807, 2.05) is 11.9 Å². The molecular formula is C14H24F2IN5O. The Kier molecular flexibility index (Phi) is 8.74. The molecule has 0 bridgehead atoms. The standard InChI is InChI=1S/C14H23F2N5O.HI/c1-17-14(20(2)7-8-22-10-11-3-4-11)19-9-12-18-5-6-21(12)13(15)16;/h5-6,11,13H,3-4,7-10H2,1-2H3,(H,17,19);1H. The van der Waals surface area contributed by atoms with E-state index in [1.165, 1.54) is 25.2 Å². The van der Waals surface area contributed by atoms with Gasteiger partial charge in [0.25, 0.3) is 0 Å². The van der Waals surface area contributed by atoms with E-state index in [9.17, 15) is 8.78 Å². The van der Waals surface area contributed by atoms with Crippen LogP contribution in [0.4, 0.5) is 8.78 Å². The van der Waals surface area contributed by atoms with Crippen molar-refractivity contribution in [2.45, 2.75) is 25.9 Å². The fourth-order valence-electron chi connectivity index (χ4n) is 2.04. The molecule has 1 aliphatic carbocycles. The molecule has 0 unspecified atom stereocenters. The largest absolute Gasteiger partial charge is 0.379 e. The summed E-state index contributed by atoms with van der Waals surface area (Å²) in [5.41, 5.74) is 0. The van der Waals surface area contributed by atoms with Crippen molar-refractivity contribution in [2.75, 3.05) is 33.9 Å². The molecule has 1 fully saturated rings. The maximum atomic E-state index is 12.7. The number of guanidine groups is 1. The Morgan fingerprint density at radius 1 is 1.57 bits per heavy atom. The fraction of sp³-hybridized carbons (Fsp3) is 0.714. The van der Waals surface area contributed by atoms with Gasteiger partial charge in [0, 0.05) is 39.6 Å². The quantitative estimate of drug-likeness (QED) is 0.290. The van der Waals surface area contributed by atoms with Gasteiger partial charge >= 0.3 is 6.55 Å². The lowest BCUT2D eigenvalue weighted by molar-refractivity contribution is 0.0668. The first kappa shape index (κ1) is 20.1. The van der Waals surface area contributed by atoms with E-state index in [1.54, 1.807) is 7.05 Å². The molecule has 1 aromatic heterocycles. The number of halogens is 3. The summed E-state index contributed by atoms with van der Waals surface area (Å²) in [7, 11) is 3.54. The van der Waals surface area contributed by atoms with Gasteiger partial charge in [-0.3, -0.25) is 9.56 Å². The lowest BCUT2D eigenvalue weighted by Gasteiger charge is -2.22. The van der Waals surface area contributed by atoms with Crippen molar-refractivity contribution in [3.63, 3.8) is 0 Å². The molecular weight excluding hydrogens is 419 g/mol. The lowest BCUT2D eigenvalue weighted by Crippen LogP contribution is -2.40. The number of nitrogens with zero attached hydrogens (tertiary/aromatic N) is 4. The summed E-state index contributed by atoms with van der Waals surface area (Å²) in [6.07, 6.45) is 5.17. The van der Waals surface area contributed by atoms with Crippen LogP contribution in [0.25, 0.3) is 0 Å². The molecule has 0 aliphatic heterocycles. The number of likely N-dealkylation sites (N-methyl/N-ethyl adjacent to an activating group) is 1. The average molecular weight is 443 g/mol. The third-order valence-electron chi connectivity index (χ3n) is 3.56. The summed E-state index contributed by atoms with van der Waals surface area (Å²) in [6.45, 7) is -0.257. The second-order valence-corrected chi connectivity index (χ2v) is 5.37. The normalized spacial score (nSPS) is 14.7. The molecule has 9 heteroatoms. The average Bonchev–Trinajstić information content (AvgIpc) is 3.19. The van der Waals surface area contributed by atoms with Crippen LogP contribution >= 0.6 is 24.0 Å². The van der Waals surface area contributed by atoms with Crippen molar-refractivity contribution < 1.29 is 13.5 Å². The van der Waals surface area contributed by atoms with Crippen LogP contribution in [0.1, 0.15) is 25.2 Å². The third-order valence-corrected chi connectivity index (χ3v) is 3.56. The van der Waals surface area contributed by atoms with Gasteiger partial charge in [0.1, 0.15) is 5.82 Å². The van der Waals surface area contributed by atoms with E-state index < -0.39 is 6.55 Å². The van der Waals surface area contributed by atoms with Crippen molar-refractivity contribution in [2.24, 2.45) is 10.9 Å². The number of imidazole rings is 1. The Morgan fingerprint density at radius 2 is 2.30 bits per heavy atom. The molecule has 1 N–H and O–H groups in total. The Labute approximate surface area is 152 Å². The monoisotopic (exact) mass is 443 g/mol. The predicted molar refractivity (Wildman–Crippen MR) is 95.3 cm³/mol. The van der Waals surface area contributed by atoms with Gasteiger partial charge in [-0.25, -0.2) is 4.98 Å². The lowest BCUT2D eigenvalue weighted by atomic mass is 10.5. The van der Waals surface area contributed by atoms with Gasteiger partial charge in [-0.2, -0.15) is 8.78 Å². The van der Waals surface area contributed by atoms with E-state index in [0.29, 0.717) is 19.1 Å². The molecule has 23 heavy (non-hydrogen) atoms. The number of hydrogen-bond donors (Lipinski definition) is 1. The smallest absolute Gasteiger partial charge is 0.319 e. The van der Waals surface area contributed by atoms with Crippen molar-refractivity contribution in [3.8, 4) is 0 Å². The highest BCUT2D eigenvalue weighted by atomic mass is 127. The zero-order valence-corrected chi connectivity index (χ0v) is 15.7. The molecule has 2 rings (SSSR count). The first-order valence-corrected chi connectivity index (χ1v) is 7.41. The molecule has 0 atom stereocenters. The maximum absolute atomic E-state index is 12.7. The molecule has 1 saturated carbocycles. The Morgan fingerprint density at radius 3 is 2.91 bits per heavy atom. The summed E-state index contributed by atoms with van der Waals surface area (Å²) >= 11 is 0. The number of rotatable bonds is 8. The topological polar surface area (TPSA) is 54.7 Å². The molecule has 1 aliphatic rings. The Balaban J connectivity index is 0.00000264. The van der Waals surface area contributed by atoms with E-state index >= 15 is 0 Å². The summed E-state index contributed by atoms with van der Waals surface area (Å²) in [5.74, 6) is 1.64. The molecule has 132 valence electrons. The zero-order chi connectivity index (χ0) is 15.9. The van der Waals surface area contributed by atoms with Crippen LogP contribution in [-0.2, 0) is 11.3 Å². The minimum atomic E-state index is -2.59. The number of aliphatic imine (C=N–C) groups is 1. The fourth-order valence-corrected chi connectivity index (χ4v) is 2.04. The first-order chi connectivity index (χ1) is 10.6. The van der Waals surface area contributed by atoms with E-state index in [2.05, 4.69) is 15.3 Å². The molecule has 0 radical (unpaired) electrons. The van der Waals surface area contributed by atoms with Crippen molar-refractivity contribution in [3.05, 3.63) is 18.2 Å². The number of alkyl halides is 2. The van der Waals surface area contributed by atoms with Crippen LogP contribution in [-0.4, -0.2) is 54.3 Å². The van der Waals surface area contributed by atoms with Crippen LogP contribution in [0.3, 0.4) is 0 Å². The zero-order valence-electron chi connectivity index (χ0n) is 13.4. The summed E-state index contributed by atoms with van der Waals surface area (Å²) in [5, 5.41) is 3.03. The highest BCUT2D eigenvalue weighted by Gasteiger charge is 2.21. The Bertz CT molecular complexity index is 493. The van der Waals surface area contributed by atoms with E-state index in [-0.39, 0.29) is 36.3 Å². The van der Waals surface area contributed by atoms with E-state index in [4.69, 9.17) is 4.74 Å². The predicted octanol–water partition coefficient (Wildman–Crippen LogP) is 2.33. The molecule has 0 saturated heterocycles. The molecule has 1 heterocycles. The van der Waals surface area contributed by atoms with Crippen LogP contribution in [0.5, 0.6) is 0 Å². The SMILES string of the molecule is CN=C(NCc1nccn1C(F)F)N(C)CCOCC1CC1.I. The van der Waals surface area contributed by atoms with Gasteiger partial charge in [-0.15, -0.1) is 24.0 Å². The minimum Gasteiger partial charge on any atom is -0.379 e. The summed E-state index contributed by atoms with van der Waals surface area (Å²) in [4.78, 5) is 9.97. The maximum Gasteiger partial charge on any atom is 0.319 e. The van der Waals surface area contributed by atoms with Gasteiger partial charge in [-0.1, -0.05) is 0 Å². The van der Waals surface area contributed by atoms with Crippen molar-refractivity contribution in [1.82, 2.24) is 19.8 Å². The van der Waals surface area contributed by atoms with Crippen LogP contribution in [0.15, 0.2) is 17.4 Å². The number of ether oxygens (including phenoxy) is 1. The van der Waals surface area contributed by atoms with Gasteiger partial charge in [0.05, 0.1) is 13.2 Å². The highest BCUT2D eigenvalue weighted by Crippen LogP contribution is 2.28. The van der Waals surface area contributed by atoms with Gasteiger partial charge in [0.2, 0.25) is 0 Å². The van der Waals surface area contributed by atoms with Crippen molar-refractivity contribution >= 4 is 29.9 Å². The second-order valence-electron chi connectivity index (χ2n) is 5.37. The minimum absolute atomic E-state index is 0. The molecule has 0 amide bonds. The molecule has 1 aromatic rings. The highest BCUT2D eigenvalue weighted by molar-refractivity contribution is 14.0. The van der Waals surface area contributed by atoms with E-state index in [0.717, 1.165) is 17.1 Å². The number of nitrogens with one attached hydrogen (secondary N) is 1. The van der Waals surface area contributed by atoms with Crippen LogP contribution in [0, 0.1) is 5.92 Å². The molecule has 0 spiro atoms. The summed E-state index contributed by atoms with van der Waals surface area (Å²) in [6, 6.07) is 0.